The molecule has 0 aliphatic heterocycles. The number of aromatic nitrogens is 3. The monoisotopic (exact) mass is 603 g/mol. The number of amides is 1. The van der Waals surface area contributed by atoms with Crippen LogP contribution in [0.4, 0.5) is 23.2 Å². The molecule has 0 fully saturated rings. The van der Waals surface area contributed by atoms with Crippen LogP contribution in [-0.4, -0.2) is 53.0 Å². The second-order valence-electron chi connectivity index (χ2n) is 9.01. The van der Waals surface area contributed by atoms with Crippen molar-refractivity contribution in [2.45, 2.75) is 12.7 Å². The van der Waals surface area contributed by atoms with Crippen molar-refractivity contribution in [3.05, 3.63) is 64.6 Å². The standard InChI is InChI=1S/C27H25F4N7O5/c1-37-24-18(14-4-19(28)25(21(5-14)42-3)43-12-22(33)35-13-32)6-15(27(29,30)31)7-20(24)38(26(37)40)11-23(39)36-16-8-17(41-2)10-34-9-16/h4-10,13H,11-12H2,1-3H3,(H,36,39)(H3,32,33,35). The Morgan fingerprint density at radius 1 is 1.16 bits per heavy atom. The summed E-state index contributed by atoms with van der Waals surface area (Å²) >= 11 is 0. The number of carbonyl (C=O) groups excluding carboxylic acids is 1. The van der Waals surface area contributed by atoms with Crippen molar-refractivity contribution in [3.63, 3.8) is 0 Å². The molecule has 0 radical (unpaired) electrons. The number of rotatable bonds is 10. The number of hydrogen-bond donors (Lipinski definition) is 3. The first kappa shape index (κ1) is 30.5. The van der Waals surface area contributed by atoms with Gasteiger partial charge < -0.3 is 25.3 Å². The zero-order valence-electron chi connectivity index (χ0n) is 23.0. The van der Waals surface area contributed by atoms with E-state index >= 15 is 4.39 Å². The number of aryl methyl sites for hydroxylation is 1. The molecule has 4 rings (SSSR count). The van der Waals surface area contributed by atoms with E-state index in [4.69, 9.17) is 25.4 Å². The van der Waals surface area contributed by atoms with E-state index < -0.39 is 48.1 Å². The van der Waals surface area contributed by atoms with Gasteiger partial charge in [0, 0.05) is 18.7 Å². The molecule has 16 heteroatoms. The van der Waals surface area contributed by atoms with Crippen LogP contribution >= 0.6 is 0 Å². The molecular weight excluding hydrogens is 578 g/mol. The number of ether oxygens (including phenoxy) is 3. The number of anilines is 1. The fourth-order valence-corrected chi connectivity index (χ4v) is 4.32. The average Bonchev–Trinajstić information content (AvgIpc) is 3.20. The molecule has 2 heterocycles. The molecule has 2 aromatic carbocycles. The van der Waals surface area contributed by atoms with Gasteiger partial charge in [0.05, 0.1) is 48.9 Å². The van der Waals surface area contributed by atoms with Gasteiger partial charge in [0.15, 0.2) is 17.3 Å². The van der Waals surface area contributed by atoms with Gasteiger partial charge in [-0.2, -0.15) is 13.2 Å². The highest BCUT2D eigenvalue weighted by Gasteiger charge is 2.33. The summed E-state index contributed by atoms with van der Waals surface area (Å²) in [7, 11) is 3.92. The lowest BCUT2D eigenvalue weighted by Crippen LogP contribution is -2.28. The van der Waals surface area contributed by atoms with Gasteiger partial charge in [-0.05, 0) is 29.8 Å². The number of pyridine rings is 1. The van der Waals surface area contributed by atoms with Crippen LogP contribution in [0.25, 0.3) is 22.2 Å². The van der Waals surface area contributed by atoms with Gasteiger partial charge >= 0.3 is 11.9 Å². The molecule has 0 atom stereocenters. The van der Waals surface area contributed by atoms with Crippen LogP contribution in [0.2, 0.25) is 0 Å². The van der Waals surface area contributed by atoms with E-state index in [9.17, 15) is 22.8 Å². The number of nitrogens with zero attached hydrogens (tertiary/aromatic N) is 4. The van der Waals surface area contributed by atoms with E-state index in [0.29, 0.717) is 12.1 Å². The Hall–Kier alpha value is -5.41. The largest absolute Gasteiger partial charge is 0.495 e. The van der Waals surface area contributed by atoms with E-state index in [1.54, 1.807) is 0 Å². The number of hydrogen-bond acceptors (Lipinski definition) is 7. The number of nitrogens with two attached hydrogens (primary N) is 1. The number of nitrogens with one attached hydrogen (secondary N) is 2. The summed E-state index contributed by atoms with van der Waals surface area (Å²) in [5.74, 6) is -2.08. The first-order chi connectivity index (χ1) is 20.4. The second-order valence-corrected chi connectivity index (χ2v) is 9.01. The summed E-state index contributed by atoms with van der Waals surface area (Å²) in [6, 6.07) is 5.15. The fraction of sp³-hybridized carbons (Fsp3) is 0.222. The minimum atomic E-state index is -4.86. The van der Waals surface area contributed by atoms with Gasteiger partial charge in [-0.1, -0.05) is 0 Å². The van der Waals surface area contributed by atoms with E-state index in [2.05, 4.69) is 15.3 Å². The first-order valence-electron chi connectivity index (χ1n) is 12.3. The maximum absolute atomic E-state index is 15.3. The number of fused-ring (bicyclic) bond motifs is 1. The quantitative estimate of drug-likeness (QED) is 0.142. The van der Waals surface area contributed by atoms with Crippen molar-refractivity contribution < 1.29 is 36.6 Å². The smallest absolute Gasteiger partial charge is 0.416 e. The van der Waals surface area contributed by atoms with E-state index in [-0.39, 0.29) is 39.4 Å². The zero-order valence-corrected chi connectivity index (χ0v) is 23.0. The summed E-state index contributed by atoms with van der Waals surface area (Å²) in [5.41, 5.74) is 3.45. The molecular formula is C27H25F4N7O5. The third-order valence-electron chi connectivity index (χ3n) is 6.23. The Balaban J connectivity index is 1.84. The minimum Gasteiger partial charge on any atom is -0.495 e. The van der Waals surface area contributed by atoms with Crippen LogP contribution in [-0.2, 0) is 24.6 Å². The fourth-order valence-electron chi connectivity index (χ4n) is 4.32. The van der Waals surface area contributed by atoms with Crippen LogP contribution in [0.1, 0.15) is 5.56 Å². The number of amidine groups is 1. The highest BCUT2D eigenvalue weighted by molar-refractivity contribution is 5.96. The van der Waals surface area contributed by atoms with Crippen molar-refractivity contribution in [1.29, 1.82) is 5.41 Å². The third kappa shape index (κ3) is 6.42. The number of halogens is 4. The Morgan fingerprint density at radius 3 is 2.56 bits per heavy atom. The Labute approximate surface area is 240 Å². The number of aliphatic imine (C=N–C) groups is 1. The predicted molar refractivity (Wildman–Crippen MR) is 149 cm³/mol. The lowest BCUT2D eigenvalue weighted by Gasteiger charge is -2.16. The van der Waals surface area contributed by atoms with Gasteiger partial charge in [-0.25, -0.2) is 14.2 Å². The van der Waals surface area contributed by atoms with Crippen LogP contribution in [0.15, 0.2) is 52.5 Å². The predicted octanol–water partition coefficient (Wildman–Crippen LogP) is 3.56. The van der Waals surface area contributed by atoms with Crippen molar-refractivity contribution in [2.75, 3.05) is 26.1 Å². The number of methoxy groups -OCH3 is 2. The van der Waals surface area contributed by atoms with E-state index in [1.807, 2.05) is 0 Å². The van der Waals surface area contributed by atoms with Crippen LogP contribution in [0, 0.1) is 11.2 Å². The summed E-state index contributed by atoms with van der Waals surface area (Å²) in [5, 5.41) is 9.47. The van der Waals surface area contributed by atoms with Crippen molar-refractivity contribution in [1.82, 2.24) is 14.1 Å². The second kappa shape index (κ2) is 12.2. The van der Waals surface area contributed by atoms with Gasteiger partial charge in [0.25, 0.3) is 0 Å². The zero-order chi connectivity index (χ0) is 31.5. The summed E-state index contributed by atoms with van der Waals surface area (Å²) in [6.07, 6.45) is -1.45. The van der Waals surface area contributed by atoms with Crippen LogP contribution in [0.3, 0.4) is 0 Å². The van der Waals surface area contributed by atoms with Gasteiger partial charge in [-0.15, -0.1) is 0 Å². The molecule has 0 aliphatic rings. The molecule has 0 spiro atoms. The molecule has 0 bridgehead atoms. The maximum Gasteiger partial charge on any atom is 0.416 e. The van der Waals surface area contributed by atoms with E-state index in [0.717, 1.165) is 27.3 Å². The minimum absolute atomic E-state index is 0.00586. The molecule has 4 aromatic rings. The Morgan fingerprint density at radius 2 is 1.91 bits per heavy atom. The van der Waals surface area contributed by atoms with Gasteiger partial charge in [0.2, 0.25) is 5.91 Å². The van der Waals surface area contributed by atoms with Gasteiger partial charge in [-0.3, -0.25) is 24.3 Å². The molecule has 0 aliphatic carbocycles. The van der Waals surface area contributed by atoms with Crippen LogP contribution in [0.5, 0.6) is 17.2 Å². The summed E-state index contributed by atoms with van der Waals surface area (Å²) < 4.78 is 75.0. The van der Waals surface area contributed by atoms with Crippen molar-refractivity contribution in [2.24, 2.45) is 17.8 Å². The number of carbonyl (C=O) groups is 1. The lowest BCUT2D eigenvalue weighted by atomic mass is 9.99. The molecule has 0 saturated carbocycles. The molecule has 4 N–H and O–H groups in total. The SMILES string of the molecule is COc1cncc(NC(=O)Cn2c(=O)n(C)c3c(-c4cc(F)c(OCC(N)=NC=N)c(OC)c4)cc(C(F)(F)F)cc32)c1. The molecule has 1 amide bonds. The highest BCUT2D eigenvalue weighted by Crippen LogP contribution is 2.41. The third-order valence-corrected chi connectivity index (χ3v) is 6.23. The highest BCUT2D eigenvalue weighted by atomic mass is 19.4. The molecule has 0 saturated heterocycles. The molecule has 12 nitrogen and oxygen atoms in total. The first-order valence-corrected chi connectivity index (χ1v) is 12.3. The van der Waals surface area contributed by atoms with E-state index in [1.165, 1.54) is 45.8 Å². The van der Waals surface area contributed by atoms with Gasteiger partial charge in [0.1, 0.15) is 31.1 Å². The Kier molecular flexibility index (Phi) is 8.68. The number of imidazole rings is 1. The molecule has 0 unspecified atom stereocenters. The topological polar surface area (TPSA) is 159 Å². The number of benzene rings is 2. The normalized spacial score (nSPS) is 11.8. The number of alkyl halides is 3. The average molecular weight is 604 g/mol. The summed E-state index contributed by atoms with van der Waals surface area (Å²) in [4.78, 5) is 33.5. The molecule has 226 valence electrons. The summed E-state index contributed by atoms with van der Waals surface area (Å²) in [6.45, 7) is -1.04. The Bertz CT molecular complexity index is 1800. The molecule has 43 heavy (non-hydrogen) atoms. The molecule has 2 aromatic heterocycles. The van der Waals surface area contributed by atoms with Crippen LogP contribution < -0.4 is 31.0 Å². The lowest BCUT2D eigenvalue weighted by molar-refractivity contribution is -0.137. The van der Waals surface area contributed by atoms with Crippen molar-refractivity contribution in [3.8, 4) is 28.4 Å². The maximum atomic E-state index is 15.3. The van der Waals surface area contributed by atoms with Crippen molar-refractivity contribution >= 4 is 34.8 Å².